The zero-order valence-electron chi connectivity index (χ0n) is 10.6. The monoisotopic (exact) mass is 273 g/mol. The average molecular weight is 273 g/mol. The summed E-state index contributed by atoms with van der Waals surface area (Å²) >= 11 is 1.47. The summed E-state index contributed by atoms with van der Waals surface area (Å²) in [5.74, 6) is -0.0221. The first-order valence-corrected chi connectivity index (χ1v) is 6.96. The normalized spacial score (nSPS) is 11.8. The van der Waals surface area contributed by atoms with E-state index in [9.17, 15) is 4.79 Å². The van der Waals surface area contributed by atoms with E-state index in [1.165, 1.54) is 11.8 Å². The van der Waals surface area contributed by atoms with Crippen LogP contribution in [0.25, 0.3) is 0 Å². The fourth-order valence-corrected chi connectivity index (χ4v) is 2.45. The molecule has 0 fully saturated rings. The van der Waals surface area contributed by atoms with Gasteiger partial charge in [0.1, 0.15) is 0 Å². The molecule has 0 spiro atoms. The number of carbonyl (C=O) groups excluding carboxylic acids is 1. The van der Waals surface area contributed by atoms with Gasteiger partial charge in [-0.25, -0.2) is 4.98 Å². The van der Waals surface area contributed by atoms with Crippen LogP contribution in [0.15, 0.2) is 53.9 Å². The van der Waals surface area contributed by atoms with Gasteiger partial charge < -0.3 is 5.32 Å². The van der Waals surface area contributed by atoms with E-state index < -0.39 is 0 Å². The molecule has 2 aromatic rings. The first-order chi connectivity index (χ1) is 9.29. The summed E-state index contributed by atoms with van der Waals surface area (Å²) in [5.41, 5.74) is 0.715. The van der Waals surface area contributed by atoms with Gasteiger partial charge >= 0.3 is 0 Å². The van der Waals surface area contributed by atoms with E-state index >= 15 is 0 Å². The Labute approximate surface area is 116 Å². The van der Waals surface area contributed by atoms with Crippen molar-refractivity contribution in [1.29, 1.82) is 0 Å². The molecule has 2 heterocycles. The summed E-state index contributed by atoms with van der Waals surface area (Å²) in [6.07, 6.45) is 5.78. The van der Waals surface area contributed by atoms with Gasteiger partial charge in [-0.2, -0.15) is 0 Å². The zero-order valence-corrected chi connectivity index (χ0v) is 11.4. The number of amides is 1. The minimum absolute atomic E-state index is 0.0221. The molecular weight excluding hydrogens is 258 g/mol. The molecule has 2 aromatic heterocycles. The van der Waals surface area contributed by atoms with E-state index in [4.69, 9.17) is 0 Å². The molecule has 1 amide bonds. The van der Waals surface area contributed by atoms with Crippen LogP contribution in [-0.2, 0) is 4.79 Å². The Morgan fingerprint density at radius 3 is 2.84 bits per heavy atom. The van der Waals surface area contributed by atoms with Crippen molar-refractivity contribution in [3.63, 3.8) is 0 Å². The second-order valence-electron chi connectivity index (χ2n) is 3.91. The predicted molar refractivity (Wildman–Crippen MR) is 77.0 cm³/mol. The van der Waals surface area contributed by atoms with E-state index in [1.54, 1.807) is 24.7 Å². The maximum absolute atomic E-state index is 12.2. The van der Waals surface area contributed by atoms with E-state index in [0.29, 0.717) is 5.69 Å². The number of carbonyl (C=O) groups is 1. The first-order valence-electron chi connectivity index (χ1n) is 6.08. The molecule has 0 aliphatic heterocycles. The number of nitrogens with zero attached hydrogens (tertiary/aromatic N) is 2. The lowest BCUT2D eigenvalue weighted by molar-refractivity contribution is -0.115. The Kier molecular flexibility index (Phi) is 4.92. The van der Waals surface area contributed by atoms with E-state index in [-0.39, 0.29) is 11.2 Å². The molecule has 0 saturated carbocycles. The van der Waals surface area contributed by atoms with Crippen LogP contribution in [0.3, 0.4) is 0 Å². The fourth-order valence-electron chi connectivity index (χ4n) is 1.54. The van der Waals surface area contributed by atoms with Crippen molar-refractivity contribution in [1.82, 2.24) is 9.97 Å². The van der Waals surface area contributed by atoms with Crippen molar-refractivity contribution < 1.29 is 4.79 Å². The summed E-state index contributed by atoms with van der Waals surface area (Å²) in [6, 6.07) is 9.30. The van der Waals surface area contributed by atoms with Crippen LogP contribution < -0.4 is 5.32 Å². The highest BCUT2D eigenvalue weighted by molar-refractivity contribution is 8.00. The largest absolute Gasteiger partial charge is 0.324 e. The Balaban J connectivity index is 2.00. The van der Waals surface area contributed by atoms with Crippen molar-refractivity contribution >= 4 is 23.4 Å². The lowest BCUT2D eigenvalue weighted by Gasteiger charge is -2.13. The molecule has 0 bridgehead atoms. The van der Waals surface area contributed by atoms with Gasteiger partial charge in [-0.3, -0.25) is 9.78 Å². The molecule has 2 rings (SSSR count). The number of hydrogen-bond donors (Lipinski definition) is 1. The quantitative estimate of drug-likeness (QED) is 0.851. The van der Waals surface area contributed by atoms with Gasteiger partial charge in [0.2, 0.25) is 5.91 Å². The fraction of sp³-hybridized carbons (Fsp3) is 0.214. The molecule has 0 radical (unpaired) electrons. The Morgan fingerprint density at radius 1 is 1.32 bits per heavy atom. The molecule has 5 heteroatoms. The van der Waals surface area contributed by atoms with Gasteiger partial charge in [0.15, 0.2) is 0 Å². The molecule has 0 aliphatic rings. The molecule has 1 N–H and O–H groups in total. The molecule has 19 heavy (non-hydrogen) atoms. The van der Waals surface area contributed by atoms with Crippen LogP contribution in [0.4, 0.5) is 5.69 Å². The highest BCUT2D eigenvalue weighted by atomic mass is 32.2. The maximum Gasteiger partial charge on any atom is 0.237 e. The van der Waals surface area contributed by atoms with Gasteiger partial charge in [-0.15, -0.1) is 0 Å². The van der Waals surface area contributed by atoms with Crippen LogP contribution in [0, 0.1) is 0 Å². The summed E-state index contributed by atoms with van der Waals surface area (Å²) in [4.78, 5) is 20.4. The third kappa shape index (κ3) is 4.06. The third-order valence-electron chi connectivity index (χ3n) is 2.49. The third-order valence-corrected chi connectivity index (χ3v) is 3.81. The van der Waals surface area contributed by atoms with E-state index in [1.807, 2.05) is 31.2 Å². The lowest BCUT2D eigenvalue weighted by Crippen LogP contribution is -2.24. The number of hydrogen-bond acceptors (Lipinski definition) is 4. The van der Waals surface area contributed by atoms with Gasteiger partial charge in [0.25, 0.3) is 0 Å². The topological polar surface area (TPSA) is 54.9 Å². The second kappa shape index (κ2) is 6.89. The SMILES string of the molecule is CCC(Sc1ccccn1)C(=O)Nc1cccnc1. The van der Waals surface area contributed by atoms with Gasteiger partial charge in [0, 0.05) is 12.4 Å². The smallest absolute Gasteiger partial charge is 0.237 e. The Morgan fingerprint density at radius 2 is 2.21 bits per heavy atom. The van der Waals surface area contributed by atoms with Crippen molar-refractivity contribution in [2.24, 2.45) is 0 Å². The average Bonchev–Trinajstić information content (AvgIpc) is 2.47. The van der Waals surface area contributed by atoms with Crippen LogP contribution >= 0.6 is 11.8 Å². The Bertz CT molecular complexity index is 519. The predicted octanol–water partition coefficient (Wildman–Crippen LogP) is 2.99. The van der Waals surface area contributed by atoms with Crippen molar-refractivity contribution in [3.8, 4) is 0 Å². The Hall–Kier alpha value is -1.88. The number of thioether (sulfide) groups is 1. The van der Waals surface area contributed by atoms with E-state index in [2.05, 4.69) is 15.3 Å². The molecule has 1 atom stereocenters. The molecule has 0 aromatic carbocycles. The summed E-state index contributed by atoms with van der Waals surface area (Å²) in [5, 5.41) is 3.56. The van der Waals surface area contributed by atoms with E-state index in [0.717, 1.165) is 11.4 Å². The maximum atomic E-state index is 12.2. The first kappa shape index (κ1) is 13.5. The summed E-state index contributed by atoms with van der Waals surface area (Å²) in [6.45, 7) is 1.99. The second-order valence-corrected chi connectivity index (χ2v) is 5.14. The molecule has 98 valence electrons. The lowest BCUT2D eigenvalue weighted by atomic mass is 10.3. The van der Waals surface area contributed by atoms with Gasteiger partial charge in [-0.05, 0) is 30.7 Å². The van der Waals surface area contributed by atoms with Crippen LogP contribution in [0.2, 0.25) is 0 Å². The van der Waals surface area contributed by atoms with Crippen molar-refractivity contribution in [3.05, 3.63) is 48.9 Å². The van der Waals surface area contributed by atoms with Crippen molar-refractivity contribution in [2.75, 3.05) is 5.32 Å². The van der Waals surface area contributed by atoms with Crippen molar-refractivity contribution in [2.45, 2.75) is 23.6 Å². The molecular formula is C14H15N3OS. The van der Waals surface area contributed by atoms with Crippen LogP contribution in [0.5, 0.6) is 0 Å². The highest BCUT2D eigenvalue weighted by Crippen LogP contribution is 2.24. The minimum Gasteiger partial charge on any atom is -0.324 e. The highest BCUT2D eigenvalue weighted by Gasteiger charge is 2.18. The zero-order chi connectivity index (χ0) is 13.5. The number of aromatic nitrogens is 2. The molecule has 0 saturated heterocycles. The van der Waals surface area contributed by atoms with Crippen LogP contribution in [0.1, 0.15) is 13.3 Å². The number of nitrogens with one attached hydrogen (secondary N) is 1. The standard InChI is InChI=1S/C14H15N3OS/c1-2-12(19-13-7-3-4-9-16-13)14(18)17-11-6-5-8-15-10-11/h3-10,12H,2H2,1H3,(H,17,18). The minimum atomic E-state index is -0.157. The number of rotatable bonds is 5. The summed E-state index contributed by atoms with van der Waals surface area (Å²) < 4.78 is 0. The number of pyridine rings is 2. The number of anilines is 1. The summed E-state index contributed by atoms with van der Waals surface area (Å²) in [7, 11) is 0. The van der Waals surface area contributed by atoms with Gasteiger partial charge in [-0.1, -0.05) is 24.8 Å². The molecule has 4 nitrogen and oxygen atoms in total. The van der Waals surface area contributed by atoms with Crippen LogP contribution in [-0.4, -0.2) is 21.1 Å². The van der Waals surface area contributed by atoms with Gasteiger partial charge in [0.05, 0.1) is 22.2 Å². The molecule has 1 unspecified atom stereocenters. The molecule has 0 aliphatic carbocycles.